The minimum atomic E-state index is 0.235. The van der Waals surface area contributed by atoms with Crippen molar-refractivity contribution in [2.45, 2.75) is 6.54 Å². The normalized spacial score (nSPS) is 10.2. The van der Waals surface area contributed by atoms with Gasteiger partial charge in [-0.15, -0.1) is 0 Å². The molecule has 0 fully saturated rings. The molecule has 21 heavy (non-hydrogen) atoms. The topological polar surface area (TPSA) is 61.8 Å². The van der Waals surface area contributed by atoms with E-state index in [9.17, 15) is 5.11 Å². The SMILES string of the molecule is N#Cc1cccc(Cn2ccnc2-c2ccc(O)cc2)c1. The molecule has 0 saturated carbocycles. The predicted molar refractivity (Wildman–Crippen MR) is 79.6 cm³/mol. The van der Waals surface area contributed by atoms with Gasteiger partial charge < -0.3 is 9.67 Å². The Morgan fingerprint density at radius 2 is 1.95 bits per heavy atom. The number of phenolic OH excluding ortho intramolecular Hbond substituents is 1. The minimum Gasteiger partial charge on any atom is -0.508 e. The van der Waals surface area contributed by atoms with E-state index in [2.05, 4.69) is 11.1 Å². The third kappa shape index (κ3) is 2.77. The fourth-order valence-corrected chi connectivity index (χ4v) is 2.24. The molecule has 3 rings (SSSR count). The van der Waals surface area contributed by atoms with Crippen molar-refractivity contribution in [3.63, 3.8) is 0 Å². The van der Waals surface area contributed by atoms with Gasteiger partial charge in [0.2, 0.25) is 0 Å². The first-order valence-electron chi connectivity index (χ1n) is 6.56. The van der Waals surface area contributed by atoms with Crippen LogP contribution in [0.5, 0.6) is 5.75 Å². The van der Waals surface area contributed by atoms with Crippen molar-refractivity contribution in [2.24, 2.45) is 0 Å². The molecular formula is C17H13N3O. The zero-order chi connectivity index (χ0) is 14.7. The monoisotopic (exact) mass is 275 g/mol. The molecule has 4 heteroatoms. The van der Waals surface area contributed by atoms with E-state index < -0.39 is 0 Å². The Morgan fingerprint density at radius 1 is 1.14 bits per heavy atom. The lowest BCUT2D eigenvalue weighted by molar-refractivity contribution is 0.475. The summed E-state index contributed by atoms with van der Waals surface area (Å²) in [5.41, 5.74) is 2.64. The molecule has 2 aromatic carbocycles. The molecule has 0 saturated heterocycles. The van der Waals surface area contributed by atoms with Crippen LogP contribution < -0.4 is 0 Å². The molecule has 0 aliphatic rings. The molecule has 1 N–H and O–H groups in total. The number of benzene rings is 2. The quantitative estimate of drug-likeness (QED) is 0.798. The van der Waals surface area contributed by atoms with Gasteiger partial charge in [-0.3, -0.25) is 0 Å². The molecule has 0 atom stereocenters. The number of nitriles is 1. The van der Waals surface area contributed by atoms with Crippen molar-refractivity contribution in [2.75, 3.05) is 0 Å². The molecule has 0 bridgehead atoms. The molecule has 0 radical (unpaired) electrons. The van der Waals surface area contributed by atoms with Gasteiger partial charge in [0.05, 0.1) is 11.6 Å². The van der Waals surface area contributed by atoms with Gasteiger partial charge in [0.15, 0.2) is 0 Å². The van der Waals surface area contributed by atoms with E-state index in [1.54, 1.807) is 24.4 Å². The summed E-state index contributed by atoms with van der Waals surface area (Å²) in [6.07, 6.45) is 3.65. The van der Waals surface area contributed by atoms with Crippen molar-refractivity contribution < 1.29 is 5.11 Å². The predicted octanol–water partition coefficient (Wildman–Crippen LogP) is 3.18. The summed E-state index contributed by atoms with van der Waals surface area (Å²) in [7, 11) is 0. The van der Waals surface area contributed by atoms with E-state index in [1.165, 1.54) is 0 Å². The summed E-state index contributed by atoms with van der Waals surface area (Å²) in [6, 6.07) is 16.6. The molecule has 1 heterocycles. The fraction of sp³-hybridized carbons (Fsp3) is 0.0588. The van der Waals surface area contributed by atoms with Crippen molar-refractivity contribution in [1.29, 1.82) is 5.26 Å². The molecule has 1 aromatic heterocycles. The van der Waals surface area contributed by atoms with Crippen LogP contribution >= 0.6 is 0 Å². The van der Waals surface area contributed by atoms with Crippen molar-refractivity contribution >= 4 is 0 Å². The smallest absolute Gasteiger partial charge is 0.140 e. The Morgan fingerprint density at radius 3 is 2.71 bits per heavy atom. The molecule has 0 unspecified atom stereocenters. The van der Waals surface area contributed by atoms with Gasteiger partial charge in [-0.25, -0.2) is 4.98 Å². The van der Waals surface area contributed by atoms with E-state index in [0.29, 0.717) is 12.1 Å². The maximum absolute atomic E-state index is 9.36. The van der Waals surface area contributed by atoms with E-state index >= 15 is 0 Å². The van der Waals surface area contributed by atoms with Crippen LogP contribution in [0.25, 0.3) is 11.4 Å². The average Bonchev–Trinajstić information content (AvgIpc) is 2.96. The Kier molecular flexibility index (Phi) is 3.40. The second-order valence-corrected chi connectivity index (χ2v) is 4.74. The summed E-state index contributed by atoms with van der Waals surface area (Å²) in [6.45, 7) is 0.645. The lowest BCUT2D eigenvalue weighted by atomic mass is 10.1. The number of aromatic hydroxyl groups is 1. The average molecular weight is 275 g/mol. The van der Waals surface area contributed by atoms with Crippen LogP contribution in [0.4, 0.5) is 0 Å². The third-order valence-electron chi connectivity index (χ3n) is 3.25. The lowest BCUT2D eigenvalue weighted by Gasteiger charge is -2.08. The van der Waals surface area contributed by atoms with Crippen LogP contribution in [0.15, 0.2) is 60.9 Å². The first-order chi connectivity index (χ1) is 10.3. The van der Waals surface area contributed by atoms with E-state index in [1.807, 2.05) is 41.1 Å². The van der Waals surface area contributed by atoms with Gasteiger partial charge >= 0.3 is 0 Å². The highest BCUT2D eigenvalue weighted by atomic mass is 16.3. The molecule has 3 aromatic rings. The van der Waals surface area contributed by atoms with E-state index in [0.717, 1.165) is 17.0 Å². The second-order valence-electron chi connectivity index (χ2n) is 4.74. The van der Waals surface area contributed by atoms with Gasteiger partial charge in [0.1, 0.15) is 11.6 Å². The first kappa shape index (κ1) is 12.9. The van der Waals surface area contributed by atoms with Crippen LogP contribution in [-0.2, 0) is 6.54 Å². The molecule has 0 aliphatic heterocycles. The van der Waals surface area contributed by atoms with Crippen LogP contribution in [-0.4, -0.2) is 14.7 Å². The number of nitrogens with zero attached hydrogens (tertiary/aromatic N) is 3. The number of aromatic nitrogens is 2. The molecule has 0 aliphatic carbocycles. The summed E-state index contributed by atoms with van der Waals surface area (Å²) in [4.78, 5) is 4.37. The third-order valence-corrected chi connectivity index (χ3v) is 3.25. The second kappa shape index (κ2) is 5.51. The maximum Gasteiger partial charge on any atom is 0.140 e. The van der Waals surface area contributed by atoms with E-state index in [4.69, 9.17) is 5.26 Å². The lowest BCUT2D eigenvalue weighted by Crippen LogP contribution is -2.01. The number of rotatable bonds is 3. The Bertz CT molecular complexity index is 797. The van der Waals surface area contributed by atoms with Gasteiger partial charge in [0.25, 0.3) is 0 Å². The number of phenols is 1. The Hall–Kier alpha value is -3.06. The highest BCUT2D eigenvalue weighted by Crippen LogP contribution is 2.21. The number of imidazole rings is 1. The van der Waals surface area contributed by atoms with Gasteiger partial charge in [-0.2, -0.15) is 5.26 Å². The van der Waals surface area contributed by atoms with Gasteiger partial charge in [-0.05, 0) is 42.0 Å². The summed E-state index contributed by atoms with van der Waals surface area (Å²) in [5, 5.41) is 18.3. The maximum atomic E-state index is 9.36. The van der Waals surface area contributed by atoms with Gasteiger partial charge in [0, 0.05) is 24.5 Å². The Balaban J connectivity index is 1.92. The van der Waals surface area contributed by atoms with Crippen LogP contribution in [0.3, 0.4) is 0 Å². The summed E-state index contributed by atoms with van der Waals surface area (Å²) < 4.78 is 2.02. The largest absolute Gasteiger partial charge is 0.508 e. The highest BCUT2D eigenvalue weighted by molar-refractivity contribution is 5.56. The zero-order valence-electron chi connectivity index (χ0n) is 11.3. The fourth-order valence-electron chi connectivity index (χ4n) is 2.24. The first-order valence-corrected chi connectivity index (χ1v) is 6.56. The molecular weight excluding hydrogens is 262 g/mol. The number of hydrogen-bond donors (Lipinski definition) is 1. The molecule has 0 spiro atoms. The van der Waals surface area contributed by atoms with Crippen molar-refractivity contribution in [3.05, 3.63) is 72.1 Å². The van der Waals surface area contributed by atoms with Crippen LogP contribution in [0.1, 0.15) is 11.1 Å². The summed E-state index contributed by atoms with van der Waals surface area (Å²) >= 11 is 0. The standard InChI is InChI=1S/C17H13N3O/c18-11-13-2-1-3-14(10-13)12-20-9-8-19-17(20)15-4-6-16(21)7-5-15/h1-10,21H,12H2. The molecule has 4 nitrogen and oxygen atoms in total. The van der Waals surface area contributed by atoms with Crippen molar-refractivity contribution in [1.82, 2.24) is 9.55 Å². The van der Waals surface area contributed by atoms with Gasteiger partial charge in [-0.1, -0.05) is 12.1 Å². The minimum absolute atomic E-state index is 0.235. The molecule has 0 amide bonds. The number of hydrogen-bond acceptors (Lipinski definition) is 3. The van der Waals surface area contributed by atoms with Crippen LogP contribution in [0, 0.1) is 11.3 Å². The Labute approximate surface area is 122 Å². The van der Waals surface area contributed by atoms with E-state index in [-0.39, 0.29) is 5.75 Å². The molecule has 102 valence electrons. The highest BCUT2D eigenvalue weighted by Gasteiger charge is 2.07. The van der Waals surface area contributed by atoms with Crippen LogP contribution in [0.2, 0.25) is 0 Å². The zero-order valence-corrected chi connectivity index (χ0v) is 11.3. The van der Waals surface area contributed by atoms with Crippen molar-refractivity contribution in [3.8, 4) is 23.2 Å². The summed E-state index contributed by atoms with van der Waals surface area (Å²) in [5.74, 6) is 1.07.